The van der Waals surface area contributed by atoms with E-state index in [-0.39, 0.29) is 17.9 Å². The lowest BCUT2D eigenvalue weighted by Gasteiger charge is -2.15. The third-order valence-electron chi connectivity index (χ3n) is 2.65. The Bertz CT molecular complexity index is 308. The van der Waals surface area contributed by atoms with E-state index in [2.05, 4.69) is 10.3 Å². The molecule has 16 heavy (non-hydrogen) atoms. The monoisotopic (exact) mass is 224 g/mol. The molecule has 5 nitrogen and oxygen atoms in total. The molecule has 0 radical (unpaired) electrons. The average molecular weight is 224 g/mol. The second-order valence-corrected chi connectivity index (χ2v) is 4.09. The third-order valence-corrected chi connectivity index (χ3v) is 2.65. The Balaban J connectivity index is 2.13. The Morgan fingerprint density at radius 1 is 1.56 bits per heavy atom. The fourth-order valence-electron chi connectivity index (χ4n) is 1.29. The summed E-state index contributed by atoms with van der Waals surface area (Å²) in [7, 11) is 0. The molecule has 0 bridgehead atoms. The van der Waals surface area contributed by atoms with Crippen molar-refractivity contribution in [1.29, 1.82) is 0 Å². The number of amides is 1. The number of nitrogens with two attached hydrogens (primary N) is 1. The quantitative estimate of drug-likeness (QED) is 0.686. The molecule has 0 aliphatic rings. The van der Waals surface area contributed by atoms with E-state index in [4.69, 9.17) is 5.73 Å². The molecule has 1 rings (SSSR count). The molecule has 2 atom stereocenters. The molecular weight excluding hydrogens is 204 g/mol. The number of carbonyl (C=O) groups is 1. The van der Waals surface area contributed by atoms with Crippen molar-refractivity contribution < 1.29 is 4.79 Å². The lowest BCUT2D eigenvalue weighted by atomic mass is 10.0. The van der Waals surface area contributed by atoms with Crippen LogP contribution in [0.5, 0.6) is 0 Å². The fourth-order valence-corrected chi connectivity index (χ4v) is 1.29. The second kappa shape index (κ2) is 6.27. The SMILES string of the molecule is CC(N)C(C)C(=O)NCCCn1ccnc1. The molecule has 0 aromatic carbocycles. The second-order valence-electron chi connectivity index (χ2n) is 4.09. The van der Waals surface area contributed by atoms with Crippen LogP contribution in [-0.4, -0.2) is 28.0 Å². The van der Waals surface area contributed by atoms with E-state index in [9.17, 15) is 4.79 Å². The van der Waals surface area contributed by atoms with Gasteiger partial charge in [0.2, 0.25) is 5.91 Å². The highest BCUT2D eigenvalue weighted by atomic mass is 16.1. The first kappa shape index (κ1) is 12.7. The summed E-state index contributed by atoms with van der Waals surface area (Å²) in [6.45, 7) is 5.23. The van der Waals surface area contributed by atoms with Crippen LogP contribution in [0.1, 0.15) is 20.3 Å². The minimum atomic E-state index is -0.131. The van der Waals surface area contributed by atoms with E-state index in [1.54, 1.807) is 12.5 Å². The van der Waals surface area contributed by atoms with E-state index < -0.39 is 0 Å². The number of nitrogens with one attached hydrogen (secondary N) is 1. The molecule has 1 aromatic heterocycles. The molecular formula is C11H20N4O. The summed E-state index contributed by atoms with van der Waals surface area (Å²) < 4.78 is 1.99. The van der Waals surface area contributed by atoms with Gasteiger partial charge < -0.3 is 15.6 Å². The van der Waals surface area contributed by atoms with Crippen LogP contribution in [0.2, 0.25) is 0 Å². The zero-order chi connectivity index (χ0) is 12.0. The van der Waals surface area contributed by atoms with Gasteiger partial charge in [-0.2, -0.15) is 0 Å². The maximum atomic E-state index is 11.5. The maximum Gasteiger partial charge on any atom is 0.224 e. The topological polar surface area (TPSA) is 72.9 Å². The standard InChI is InChI=1S/C11H20N4O/c1-9(10(2)12)11(16)14-4-3-6-15-7-5-13-8-15/h5,7-10H,3-4,6,12H2,1-2H3,(H,14,16). The van der Waals surface area contributed by atoms with Gasteiger partial charge in [0.15, 0.2) is 0 Å². The normalized spacial score (nSPS) is 14.4. The molecule has 5 heteroatoms. The molecule has 0 aliphatic carbocycles. The lowest BCUT2D eigenvalue weighted by molar-refractivity contribution is -0.124. The van der Waals surface area contributed by atoms with Gasteiger partial charge in [-0.05, 0) is 13.3 Å². The number of aromatic nitrogens is 2. The smallest absolute Gasteiger partial charge is 0.224 e. The van der Waals surface area contributed by atoms with Crippen molar-refractivity contribution in [3.8, 4) is 0 Å². The number of rotatable bonds is 6. The largest absolute Gasteiger partial charge is 0.356 e. The molecule has 1 heterocycles. The number of carbonyl (C=O) groups excluding carboxylic acids is 1. The van der Waals surface area contributed by atoms with Crippen molar-refractivity contribution >= 4 is 5.91 Å². The molecule has 1 amide bonds. The Kier molecular flexibility index (Phi) is 4.98. The number of aryl methyl sites for hydroxylation is 1. The summed E-state index contributed by atoms with van der Waals surface area (Å²) in [5.74, 6) is -0.103. The summed E-state index contributed by atoms with van der Waals surface area (Å²) in [5.41, 5.74) is 5.65. The highest BCUT2D eigenvalue weighted by molar-refractivity contribution is 5.78. The van der Waals surface area contributed by atoms with Crippen molar-refractivity contribution in [2.75, 3.05) is 6.54 Å². The lowest BCUT2D eigenvalue weighted by Crippen LogP contribution is -2.39. The minimum absolute atomic E-state index is 0.0284. The van der Waals surface area contributed by atoms with Crippen LogP contribution < -0.4 is 11.1 Å². The van der Waals surface area contributed by atoms with Crippen molar-refractivity contribution in [3.63, 3.8) is 0 Å². The van der Waals surface area contributed by atoms with Crippen LogP contribution in [0, 0.1) is 5.92 Å². The highest BCUT2D eigenvalue weighted by Crippen LogP contribution is 1.99. The van der Waals surface area contributed by atoms with Gasteiger partial charge in [0.1, 0.15) is 0 Å². The third kappa shape index (κ3) is 4.02. The minimum Gasteiger partial charge on any atom is -0.356 e. The summed E-state index contributed by atoms with van der Waals surface area (Å²) in [6.07, 6.45) is 6.32. The molecule has 90 valence electrons. The van der Waals surface area contributed by atoms with Crippen LogP contribution in [0.25, 0.3) is 0 Å². The first-order valence-corrected chi connectivity index (χ1v) is 5.60. The van der Waals surface area contributed by atoms with Crippen molar-refractivity contribution in [2.45, 2.75) is 32.9 Å². The van der Waals surface area contributed by atoms with Gasteiger partial charge in [0.05, 0.1) is 6.33 Å². The summed E-state index contributed by atoms with van der Waals surface area (Å²) in [5, 5.41) is 2.87. The van der Waals surface area contributed by atoms with E-state index in [1.165, 1.54) is 0 Å². The molecule has 0 spiro atoms. The first-order chi connectivity index (χ1) is 7.61. The van der Waals surface area contributed by atoms with Gasteiger partial charge >= 0.3 is 0 Å². The van der Waals surface area contributed by atoms with E-state index in [0.717, 1.165) is 13.0 Å². The predicted molar refractivity (Wildman–Crippen MR) is 62.7 cm³/mol. The average Bonchev–Trinajstić information content (AvgIpc) is 2.75. The Labute approximate surface area is 96.0 Å². The zero-order valence-electron chi connectivity index (χ0n) is 9.89. The number of hydrogen-bond donors (Lipinski definition) is 2. The molecule has 0 saturated heterocycles. The van der Waals surface area contributed by atoms with Crippen LogP contribution in [0.15, 0.2) is 18.7 Å². The number of nitrogens with zero attached hydrogens (tertiary/aromatic N) is 2. The van der Waals surface area contributed by atoms with Crippen molar-refractivity contribution in [2.24, 2.45) is 11.7 Å². The number of hydrogen-bond acceptors (Lipinski definition) is 3. The molecule has 2 unspecified atom stereocenters. The van der Waals surface area contributed by atoms with E-state index in [0.29, 0.717) is 6.54 Å². The predicted octanol–water partition coefficient (Wildman–Crippen LogP) is 0.373. The van der Waals surface area contributed by atoms with Gasteiger partial charge in [-0.25, -0.2) is 4.98 Å². The fraction of sp³-hybridized carbons (Fsp3) is 0.636. The molecule has 0 aliphatic heterocycles. The zero-order valence-corrected chi connectivity index (χ0v) is 9.89. The summed E-state index contributed by atoms with van der Waals surface area (Å²) >= 11 is 0. The van der Waals surface area contributed by atoms with Gasteiger partial charge in [-0.3, -0.25) is 4.79 Å². The molecule has 1 aromatic rings. The van der Waals surface area contributed by atoms with Crippen LogP contribution in [0.4, 0.5) is 0 Å². The van der Waals surface area contributed by atoms with E-state index in [1.807, 2.05) is 24.6 Å². The Hall–Kier alpha value is -1.36. The molecule has 3 N–H and O–H groups in total. The van der Waals surface area contributed by atoms with Crippen molar-refractivity contribution in [1.82, 2.24) is 14.9 Å². The molecule has 0 fully saturated rings. The summed E-state index contributed by atoms with van der Waals surface area (Å²) in [4.78, 5) is 15.5. The molecule has 0 saturated carbocycles. The van der Waals surface area contributed by atoms with Gasteiger partial charge in [-0.1, -0.05) is 6.92 Å². The highest BCUT2D eigenvalue weighted by Gasteiger charge is 2.15. The van der Waals surface area contributed by atoms with Crippen LogP contribution in [-0.2, 0) is 11.3 Å². The number of imidazole rings is 1. The Morgan fingerprint density at radius 3 is 2.88 bits per heavy atom. The van der Waals surface area contributed by atoms with Gasteiger partial charge in [-0.15, -0.1) is 0 Å². The van der Waals surface area contributed by atoms with Crippen molar-refractivity contribution in [3.05, 3.63) is 18.7 Å². The van der Waals surface area contributed by atoms with Gasteiger partial charge in [0, 0.05) is 37.4 Å². The van der Waals surface area contributed by atoms with Crippen LogP contribution in [0.3, 0.4) is 0 Å². The first-order valence-electron chi connectivity index (χ1n) is 5.60. The van der Waals surface area contributed by atoms with E-state index >= 15 is 0 Å². The maximum absolute atomic E-state index is 11.5. The Morgan fingerprint density at radius 2 is 2.31 bits per heavy atom. The van der Waals surface area contributed by atoms with Crippen LogP contribution >= 0.6 is 0 Å². The van der Waals surface area contributed by atoms with Gasteiger partial charge in [0.25, 0.3) is 0 Å². The summed E-state index contributed by atoms with van der Waals surface area (Å²) in [6, 6.07) is -0.103.